The molecule has 1 aromatic carbocycles. The Labute approximate surface area is 164 Å². The molecule has 4 rings (SSSR count). The molecule has 1 unspecified atom stereocenters. The molecule has 1 aliphatic heterocycles. The number of ketones is 1. The van der Waals surface area contributed by atoms with E-state index in [9.17, 15) is 4.79 Å². The van der Waals surface area contributed by atoms with Gasteiger partial charge in [0.2, 0.25) is 5.95 Å². The van der Waals surface area contributed by atoms with Crippen molar-refractivity contribution in [3.8, 4) is 5.75 Å². The Morgan fingerprint density at radius 2 is 2.11 bits per heavy atom. The largest absolute Gasteiger partial charge is 0.496 e. The van der Waals surface area contributed by atoms with Crippen LogP contribution >= 0.6 is 0 Å². The molecule has 2 aromatic rings. The Balaban J connectivity index is 1.88. The Kier molecular flexibility index (Phi) is 4.71. The Hall–Kier alpha value is -2.67. The van der Waals surface area contributed by atoms with E-state index in [0.29, 0.717) is 31.0 Å². The van der Waals surface area contributed by atoms with E-state index in [2.05, 4.69) is 29.2 Å². The second kappa shape index (κ2) is 7.05. The Morgan fingerprint density at radius 3 is 2.86 bits per heavy atom. The second-order valence-electron chi connectivity index (χ2n) is 8.23. The van der Waals surface area contributed by atoms with Gasteiger partial charge in [0.1, 0.15) is 11.8 Å². The normalized spacial score (nSPS) is 20.4. The van der Waals surface area contributed by atoms with Gasteiger partial charge in [0.15, 0.2) is 11.6 Å². The molecular weight excluding hydrogens is 356 g/mol. The van der Waals surface area contributed by atoms with Crippen LogP contribution in [0.5, 0.6) is 5.75 Å². The van der Waals surface area contributed by atoms with Gasteiger partial charge in [0.05, 0.1) is 7.11 Å². The predicted octanol–water partition coefficient (Wildman–Crippen LogP) is 2.87. The first-order valence-electron chi connectivity index (χ1n) is 9.66. The van der Waals surface area contributed by atoms with E-state index < -0.39 is 0 Å². The summed E-state index contributed by atoms with van der Waals surface area (Å²) < 4.78 is 7.38. The summed E-state index contributed by atoms with van der Waals surface area (Å²) in [5, 5.41) is 17.2. The number of Topliss-reactive ketones (excluding diaryl/α,β-unsaturated/α-hetero) is 1. The van der Waals surface area contributed by atoms with Gasteiger partial charge in [-0.1, -0.05) is 32.0 Å². The van der Waals surface area contributed by atoms with E-state index in [1.54, 1.807) is 11.8 Å². The smallest absolute Gasteiger partial charge is 0.226 e. The van der Waals surface area contributed by atoms with Gasteiger partial charge in [-0.3, -0.25) is 4.79 Å². The highest BCUT2D eigenvalue weighted by atomic mass is 16.5. The SMILES string of the molecule is COc1ccccc1C1C2=C(CC(C)(C)CC2=O)Nc2nc(CCCO)nn21. The minimum Gasteiger partial charge on any atom is -0.496 e. The number of ether oxygens (including phenoxy) is 1. The fourth-order valence-electron chi connectivity index (χ4n) is 4.18. The number of carbonyl (C=O) groups excluding carboxylic acids is 1. The molecule has 2 N–H and O–H groups in total. The number of fused-ring (bicyclic) bond motifs is 1. The number of hydrogen-bond donors (Lipinski definition) is 2. The van der Waals surface area contributed by atoms with Crippen molar-refractivity contribution in [1.82, 2.24) is 14.8 Å². The summed E-state index contributed by atoms with van der Waals surface area (Å²) in [6, 6.07) is 7.37. The van der Waals surface area contributed by atoms with Gasteiger partial charge in [-0.15, -0.1) is 0 Å². The number of aliphatic hydroxyl groups excluding tert-OH is 1. The fraction of sp³-hybridized carbons (Fsp3) is 0.476. The molecule has 1 aromatic heterocycles. The first-order valence-corrected chi connectivity index (χ1v) is 9.66. The maximum atomic E-state index is 13.2. The second-order valence-corrected chi connectivity index (χ2v) is 8.23. The lowest BCUT2D eigenvalue weighted by atomic mass is 9.73. The summed E-state index contributed by atoms with van der Waals surface area (Å²) in [5.74, 6) is 2.14. The van der Waals surface area contributed by atoms with Crippen LogP contribution in [0.2, 0.25) is 0 Å². The van der Waals surface area contributed by atoms with Crippen LogP contribution in [0, 0.1) is 5.41 Å². The number of para-hydroxylation sites is 1. The number of nitrogens with one attached hydrogen (secondary N) is 1. The molecule has 2 heterocycles. The van der Waals surface area contributed by atoms with Crippen LogP contribution in [0.25, 0.3) is 0 Å². The third-order valence-corrected chi connectivity index (χ3v) is 5.37. The Bertz CT molecular complexity index is 945. The molecular formula is C21H26N4O3. The number of allylic oxidation sites excluding steroid dienone is 2. The van der Waals surface area contributed by atoms with Gasteiger partial charge in [0.25, 0.3) is 0 Å². The minimum atomic E-state index is -0.374. The lowest BCUT2D eigenvalue weighted by Crippen LogP contribution is -2.36. The van der Waals surface area contributed by atoms with Crippen molar-refractivity contribution in [3.63, 3.8) is 0 Å². The molecule has 0 bridgehead atoms. The van der Waals surface area contributed by atoms with Gasteiger partial charge in [-0.05, 0) is 24.3 Å². The number of rotatable bonds is 5. The number of hydrogen-bond acceptors (Lipinski definition) is 6. The molecule has 0 fully saturated rings. The van der Waals surface area contributed by atoms with Crippen molar-refractivity contribution in [2.75, 3.05) is 19.0 Å². The molecule has 0 saturated heterocycles. The quantitative estimate of drug-likeness (QED) is 0.827. The molecule has 148 valence electrons. The van der Waals surface area contributed by atoms with Crippen LogP contribution in [0.1, 0.15) is 50.5 Å². The molecule has 0 radical (unpaired) electrons. The van der Waals surface area contributed by atoms with Gasteiger partial charge in [-0.2, -0.15) is 10.1 Å². The minimum absolute atomic E-state index is 0.0919. The summed E-state index contributed by atoms with van der Waals surface area (Å²) in [4.78, 5) is 17.8. The van der Waals surface area contributed by atoms with Crippen molar-refractivity contribution in [1.29, 1.82) is 0 Å². The van der Waals surface area contributed by atoms with Crippen LogP contribution in [0.3, 0.4) is 0 Å². The number of benzene rings is 1. The number of methoxy groups -OCH3 is 1. The van der Waals surface area contributed by atoms with Gasteiger partial charge < -0.3 is 15.2 Å². The average molecular weight is 382 g/mol. The highest BCUT2D eigenvalue weighted by molar-refractivity contribution is 6.00. The van der Waals surface area contributed by atoms with Crippen LogP contribution < -0.4 is 10.1 Å². The van der Waals surface area contributed by atoms with Crippen molar-refractivity contribution in [2.45, 2.75) is 45.6 Å². The Morgan fingerprint density at radius 1 is 1.32 bits per heavy atom. The number of aliphatic hydroxyl groups is 1. The van der Waals surface area contributed by atoms with Gasteiger partial charge in [0, 0.05) is 36.3 Å². The average Bonchev–Trinajstić information content (AvgIpc) is 3.06. The molecule has 0 amide bonds. The van der Waals surface area contributed by atoms with E-state index in [-0.39, 0.29) is 23.8 Å². The third kappa shape index (κ3) is 3.20. The van der Waals surface area contributed by atoms with Crippen LogP contribution in [0.15, 0.2) is 35.5 Å². The highest BCUT2D eigenvalue weighted by Crippen LogP contribution is 2.46. The predicted molar refractivity (Wildman–Crippen MR) is 105 cm³/mol. The standard InChI is InChI=1S/C21H26N4O3/c1-21(2)11-14-18(15(27)12-21)19(13-7-4-5-8-16(13)28-3)25-20(22-14)23-17(24-25)9-6-10-26/h4-5,7-8,19,26H,6,9-12H2,1-3H3,(H,22,23,24). The summed E-state index contributed by atoms with van der Waals surface area (Å²) in [5.41, 5.74) is 2.46. The zero-order valence-electron chi connectivity index (χ0n) is 16.5. The van der Waals surface area contributed by atoms with Crippen LogP contribution in [0.4, 0.5) is 5.95 Å². The maximum Gasteiger partial charge on any atom is 0.226 e. The number of aryl methyl sites for hydroxylation is 1. The summed E-state index contributed by atoms with van der Waals surface area (Å²) in [6.45, 7) is 4.32. The fourth-order valence-corrected chi connectivity index (χ4v) is 4.18. The van der Waals surface area contributed by atoms with Crippen LogP contribution in [-0.2, 0) is 11.2 Å². The number of nitrogens with zero attached hydrogens (tertiary/aromatic N) is 3. The van der Waals surface area contributed by atoms with Gasteiger partial charge in [-0.25, -0.2) is 4.68 Å². The van der Waals surface area contributed by atoms with E-state index in [1.807, 2.05) is 24.3 Å². The molecule has 1 aliphatic carbocycles. The molecule has 0 spiro atoms. The van der Waals surface area contributed by atoms with Gasteiger partial charge >= 0.3 is 0 Å². The number of carbonyl (C=O) groups is 1. The molecule has 1 atom stereocenters. The number of anilines is 1. The summed E-state index contributed by atoms with van der Waals surface area (Å²) >= 11 is 0. The topological polar surface area (TPSA) is 89.3 Å². The zero-order chi connectivity index (χ0) is 19.9. The molecule has 0 saturated carbocycles. The third-order valence-electron chi connectivity index (χ3n) is 5.37. The molecule has 2 aliphatic rings. The van der Waals surface area contributed by atoms with E-state index in [1.165, 1.54) is 0 Å². The zero-order valence-corrected chi connectivity index (χ0v) is 16.5. The first-order chi connectivity index (χ1) is 13.4. The van der Waals surface area contributed by atoms with E-state index in [4.69, 9.17) is 9.84 Å². The number of aromatic nitrogens is 3. The highest BCUT2D eigenvalue weighted by Gasteiger charge is 2.42. The molecule has 7 nitrogen and oxygen atoms in total. The van der Waals surface area contributed by atoms with Crippen molar-refractivity contribution in [3.05, 3.63) is 46.9 Å². The van der Waals surface area contributed by atoms with E-state index >= 15 is 0 Å². The summed E-state index contributed by atoms with van der Waals surface area (Å²) in [7, 11) is 1.63. The van der Waals surface area contributed by atoms with E-state index in [0.717, 1.165) is 29.0 Å². The van der Waals surface area contributed by atoms with Crippen molar-refractivity contribution >= 4 is 11.7 Å². The van der Waals surface area contributed by atoms with Crippen molar-refractivity contribution in [2.24, 2.45) is 5.41 Å². The lowest BCUT2D eigenvalue weighted by molar-refractivity contribution is -0.118. The molecule has 7 heteroatoms. The monoisotopic (exact) mass is 382 g/mol. The van der Waals surface area contributed by atoms with Crippen LogP contribution in [-0.4, -0.2) is 39.4 Å². The summed E-state index contributed by atoms with van der Waals surface area (Å²) in [6.07, 6.45) is 2.46. The van der Waals surface area contributed by atoms with Crippen molar-refractivity contribution < 1.29 is 14.6 Å². The molecule has 28 heavy (non-hydrogen) atoms. The first kappa shape index (κ1) is 18.7. The maximum absolute atomic E-state index is 13.2. The lowest BCUT2D eigenvalue weighted by Gasteiger charge is -2.38.